The van der Waals surface area contributed by atoms with E-state index < -0.39 is 5.41 Å². The van der Waals surface area contributed by atoms with Gasteiger partial charge in [0.2, 0.25) is 0 Å². The Hall–Kier alpha value is -1.20. The van der Waals surface area contributed by atoms with Gasteiger partial charge in [-0.1, -0.05) is 55.6 Å². The maximum atomic E-state index is 12.7. The van der Waals surface area contributed by atoms with Crippen molar-refractivity contribution in [2.75, 3.05) is 5.33 Å². The first-order valence-corrected chi connectivity index (χ1v) is 10.5. The third-order valence-electron chi connectivity index (χ3n) is 5.58. The first-order chi connectivity index (χ1) is 11.9. The van der Waals surface area contributed by atoms with Gasteiger partial charge < -0.3 is 4.74 Å². The molecule has 1 heterocycles. The van der Waals surface area contributed by atoms with Crippen LogP contribution in [0.3, 0.4) is 0 Å². The van der Waals surface area contributed by atoms with Gasteiger partial charge in [0.1, 0.15) is 12.4 Å². The molecule has 25 heavy (non-hydrogen) atoms. The molecule has 5 heteroatoms. The van der Waals surface area contributed by atoms with Gasteiger partial charge in [-0.3, -0.25) is 9.59 Å². The monoisotopic (exact) mass is 464 g/mol. The van der Waals surface area contributed by atoms with Gasteiger partial charge >= 0.3 is 0 Å². The first-order valence-electron chi connectivity index (χ1n) is 8.42. The van der Waals surface area contributed by atoms with Crippen LogP contribution < -0.4 is 0 Å². The molecule has 4 rings (SSSR count). The van der Waals surface area contributed by atoms with E-state index in [0.29, 0.717) is 23.9 Å². The summed E-state index contributed by atoms with van der Waals surface area (Å²) in [6.45, 7) is 2.48. The Balaban J connectivity index is 1.76. The van der Waals surface area contributed by atoms with Gasteiger partial charge in [0.15, 0.2) is 11.6 Å². The van der Waals surface area contributed by atoms with Gasteiger partial charge in [-0.25, -0.2) is 0 Å². The van der Waals surface area contributed by atoms with E-state index in [-0.39, 0.29) is 16.4 Å². The lowest BCUT2D eigenvalue weighted by molar-refractivity contribution is -0.127. The molecule has 0 spiro atoms. The molecule has 0 saturated heterocycles. The van der Waals surface area contributed by atoms with E-state index in [0.717, 1.165) is 35.3 Å². The van der Waals surface area contributed by atoms with Crippen LogP contribution >= 0.6 is 31.9 Å². The number of fused-ring (bicyclic) bond motifs is 3. The van der Waals surface area contributed by atoms with Crippen molar-refractivity contribution in [1.29, 1.82) is 0 Å². The highest BCUT2D eigenvalue weighted by Gasteiger charge is 2.47. The zero-order chi connectivity index (χ0) is 17.8. The fraction of sp³-hybridized carbons (Fsp3) is 0.400. The minimum atomic E-state index is -0.464. The maximum absolute atomic E-state index is 12.7. The van der Waals surface area contributed by atoms with Gasteiger partial charge in [-0.2, -0.15) is 0 Å². The maximum Gasteiger partial charge on any atom is 0.173 e. The van der Waals surface area contributed by atoms with E-state index >= 15 is 0 Å². The van der Waals surface area contributed by atoms with Crippen molar-refractivity contribution in [2.24, 2.45) is 5.41 Å². The smallest absolute Gasteiger partial charge is 0.173 e. The van der Waals surface area contributed by atoms with Crippen molar-refractivity contribution in [2.45, 2.75) is 37.6 Å². The standard InChI is InChI=1S/C20H18Br2O3/c1-20-8-18-15(7-13(20)3-5-16(22)19(20)24)14-4-2-11(17(23)9-21)6-12(14)10-25-18/h2,4,6-7,16H,3,5,8-10H2,1H3. The van der Waals surface area contributed by atoms with Crippen molar-refractivity contribution >= 4 is 49.0 Å². The van der Waals surface area contributed by atoms with Crippen LogP contribution in [0.25, 0.3) is 5.57 Å². The largest absolute Gasteiger partial charge is 0.493 e. The van der Waals surface area contributed by atoms with Crippen LogP contribution in [0, 0.1) is 5.41 Å². The average Bonchev–Trinajstić information content (AvgIpc) is 2.63. The molecule has 0 amide bonds. The molecule has 3 aliphatic rings. The lowest BCUT2D eigenvalue weighted by Crippen LogP contribution is -2.42. The molecule has 3 nitrogen and oxygen atoms in total. The molecule has 1 aliphatic heterocycles. The van der Waals surface area contributed by atoms with Gasteiger partial charge in [0, 0.05) is 17.6 Å². The van der Waals surface area contributed by atoms with E-state index in [1.54, 1.807) is 0 Å². The molecule has 2 unspecified atom stereocenters. The van der Waals surface area contributed by atoms with E-state index in [1.807, 2.05) is 25.1 Å². The second kappa shape index (κ2) is 6.20. The number of Topliss-reactive ketones (excluding diaryl/α,β-unsaturated/α-hetero) is 2. The van der Waals surface area contributed by atoms with Crippen molar-refractivity contribution in [3.8, 4) is 0 Å². The Kier molecular flexibility index (Phi) is 4.27. The molecule has 2 aliphatic carbocycles. The van der Waals surface area contributed by atoms with Crippen LogP contribution in [0.15, 0.2) is 35.6 Å². The lowest BCUT2D eigenvalue weighted by atomic mass is 9.64. The summed E-state index contributed by atoms with van der Waals surface area (Å²) >= 11 is 6.75. The van der Waals surface area contributed by atoms with Crippen LogP contribution in [0.2, 0.25) is 0 Å². The topological polar surface area (TPSA) is 43.4 Å². The quantitative estimate of drug-likeness (QED) is 0.457. The normalized spacial score (nSPS) is 27.7. The molecule has 0 aromatic heterocycles. The Morgan fingerprint density at radius 3 is 2.96 bits per heavy atom. The molecular formula is C20H18Br2O3. The van der Waals surface area contributed by atoms with Crippen LogP contribution in [-0.4, -0.2) is 21.7 Å². The minimum absolute atomic E-state index is 0.0644. The first kappa shape index (κ1) is 17.2. The molecule has 0 N–H and O–H groups in total. The summed E-state index contributed by atoms with van der Waals surface area (Å²) < 4.78 is 6.02. The zero-order valence-corrected chi connectivity index (χ0v) is 17.1. The van der Waals surface area contributed by atoms with Crippen LogP contribution in [0.1, 0.15) is 47.7 Å². The number of halogens is 2. The number of benzene rings is 1. The van der Waals surface area contributed by atoms with Crippen LogP contribution in [0.4, 0.5) is 0 Å². The van der Waals surface area contributed by atoms with Crippen molar-refractivity contribution < 1.29 is 14.3 Å². The van der Waals surface area contributed by atoms with Crippen LogP contribution in [0.5, 0.6) is 0 Å². The Labute approximate surface area is 163 Å². The minimum Gasteiger partial charge on any atom is -0.493 e. The van der Waals surface area contributed by atoms with E-state index in [1.165, 1.54) is 5.57 Å². The molecule has 1 fully saturated rings. The SMILES string of the molecule is CC12CC3=C(C=C1CCC(Br)C2=O)c1ccc(C(=O)CBr)cc1CO3. The number of carbonyl (C=O) groups is 2. The molecular weight excluding hydrogens is 448 g/mol. The fourth-order valence-electron chi connectivity index (χ4n) is 4.04. The van der Waals surface area contributed by atoms with Crippen LogP contribution in [-0.2, 0) is 16.1 Å². The summed E-state index contributed by atoms with van der Waals surface area (Å²) in [6.07, 6.45) is 4.54. The number of carbonyl (C=O) groups excluding carboxylic acids is 2. The zero-order valence-electron chi connectivity index (χ0n) is 13.9. The third-order valence-corrected chi connectivity index (χ3v) is 6.96. The summed E-state index contributed by atoms with van der Waals surface area (Å²) in [7, 11) is 0. The highest BCUT2D eigenvalue weighted by atomic mass is 79.9. The Morgan fingerprint density at radius 2 is 2.20 bits per heavy atom. The van der Waals surface area contributed by atoms with Crippen molar-refractivity contribution in [3.05, 3.63) is 52.3 Å². The molecule has 0 bridgehead atoms. The van der Waals surface area contributed by atoms with Gasteiger partial charge in [0.25, 0.3) is 0 Å². The van der Waals surface area contributed by atoms with Gasteiger partial charge in [-0.15, -0.1) is 0 Å². The van der Waals surface area contributed by atoms with Crippen molar-refractivity contribution in [3.63, 3.8) is 0 Å². The number of ketones is 2. The number of hydrogen-bond acceptors (Lipinski definition) is 3. The number of rotatable bonds is 2. The molecule has 130 valence electrons. The number of ether oxygens (including phenoxy) is 1. The fourth-order valence-corrected chi connectivity index (χ4v) is 5.10. The summed E-state index contributed by atoms with van der Waals surface area (Å²) in [5.74, 6) is 1.22. The predicted octanol–water partition coefficient (Wildman–Crippen LogP) is 4.97. The molecule has 1 saturated carbocycles. The third kappa shape index (κ3) is 2.67. The number of hydrogen-bond donors (Lipinski definition) is 0. The highest BCUT2D eigenvalue weighted by Crippen LogP contribution is 2.51. The second-order valence-electron chi connectivity index (χ2n) is 7.10. The molecule has 1 aromatic carbocycles. The average molecular weight is 466 g/mol. The van der Waals surface area contributed by atoms with Crippen molar-refractivity contribution in [1.82, 2.24) is 0 Å². The Bertz CT molecular complexity index is 852. The second-order valence-corrected chi connectivity index (χ2v) is 8.77. The Morgan fingerprint density at radius 1 is 1.40 bits per heavy atom. The van der Waals surface area contributed by atoms with E-state index in [4.69, 9.17) is 4.74 Å². The van der Waals surface area contributed by atoms with E-state index in [2.05, 4.69) is 37.9 Å². The predicted molar refractivity (Wildman–Crippen MR) is 104 cm³/mol. The molecule has 2 atom stereocenters. The number of alkyl halides is 2. The van der Waals surface area contributed by atoms with E-state index in [9.17, 15) is 9.59 Å². The van der Waals surface area contributed by atoms with Gasteiger partial charge in [0.05, 0.1) is 15.6 Å². The summed E-state index contributed by atoms with van der Waals surface area (Å²) in [5.41, 5.74) is 4.67. The molecule has 0 radical (unpaired) electrons. The summed E-state index contributed by atoms with van der Waals surface area (Å²) in [5, 5.41) is 0.318. The summed E-state index contributed by atoms with van der Waals surface area (Å²) in [6, 6.07) is 5.82. The lowest BCUT2D eigenvalue weighted by Gasteiger charge is -2.42. The van der Waals surface area contributed by atoms with Gasteiger partial charge in [-0.05, 0) is 37.0 Å². The number of allylic oxidation sites excluding steroid dienone is 4. The highest BCUT2D eigenvalue weighted by molar-refractivity contribution is 9.10. The molecule has 1 aromatic rings. The summed E-state index contributed by atoms with van der Waals surface area (Å²) in [4.78, 5) is 24.6.